The number of carbonyl (C=O) groups is 1. The number of carbonyl (C=O) groups excluding carboxylic acids is 1. The fraction of sp³-hybridized carbons (Fsp3) is 0.250. The molecule has 0 radical (unpaired) electrons. The number of benzene rings is 1. The van der Waals surface area contributed by atoms with E-state index in [1.165, 1.54) is 7.11 Å². The molecule has 34 heavy (non-hydrogen) atoms. The van der Waals surface area contributed by atoms with Gasteiger partial charge in [0.1, 0.15) is 17.2 Å². The lowest BCUT2D eigenvalue weighted by Crippen LogP contribution is -2.17. The summed E-state index contributed by atoms with van der Waals surface area (Å²) in [4.78, 5) is 28.8. The molecule has 0 aliphatic heterocycles. The Hall–Kier alpha value is -4.34. The molecule has 4 rings (SSSR count). The summed E-state index contributed by atoms with van der Waals surface area (Å²) in [7, 11) is 4.94. The van der Waals surface area contributed by atoms with Crippen molar-refractivity contribution in [1.29, 1.82) is 0 Å². The molecule has 1 amide bonds. The fourth-order valence-electron chi connectivity index (χ4n) is 3.53. The molecule has 10 nitrogen and oxygen atoms in total. The standard InChI is InChI=1S/C24H27N7O3/c1-13(2)34-23-20-16(14-8-9-27-19(11-14)25-3)12-28-21(20)30-24(31-23)29-17-7-6-15(22(32)26-4)10-18(17)33-5/h6-13H,1-5H3,(H,25,27)(H,26,32)(H2,28,29,30,31). The second kappa shape index (κ2) is 9.65. The molecule has 176 valence electrons. The number of pyridine rings is 1. The zero-order chi connectivity index (χ0) is 24.2. The number of ether oxygens (including phenoxy) is 2. The summed E-state index contributed by atoms with van der Waals surface area (Å²) in [5.74, 6) is 1.81. The van der Waals surface area contributed by atoms with Gasteiger partial charge in [0.15, 0.2) is 0 Å². The number of anilines is 3. The summed E-state index contributed by atoms with van der Waals surface area (Å²) in [6, 6.07) is 8.97. The number of hydrogen-bond acceptors (Lipinski definition) is 8. The van der Waals surface area contributed by atoms with Crippen LogP contribution in [-0.2, 0) is 0 Å². The molecule has 1 aromatic carbocycles. The van der Waals surface area contributed by atoms with Crippen LogP contribution in [0.25, 0.3) is 22.2 Å². The van der Waals surface area contributed by atoms with Crippen molar-refractivity contribution in [3.8, 4) is 22.8 Å². The van der Waals surface area contributed by atoms with E-state index in [-0.39, 0.29) is 12.0 Å². The summed E-state index contributed by atoms with van der Waals surface area (Å²) >= 11 is 0. The highest BCUT2D eigenvalue weighted by molar-refractivity contribution is 5.98. The van der Waals surface area contributed by atoms with E-state index in [4.69, 9.17) is 9.47 Å². The molecule has 0 spiro atoms. The first-order chi connectivity index (χ1) is 16.4. The summed E-state index contributed by atoms with van der Waals surface area (Å²) in [6.45, 7) is 3.89. The topological polar surface area (TPSA) is 126 Å². The first kappa shape index (κ1) is 22.8. The van der Waals surface area contributed by atoms with Crippen LogP contribution in [0.2, 0.25) is 0 Å². The summed E-state index contributed by atoms with van der Waals surface area (Å²) in [5, 5.41) is 9.61. The van der Waals surface area contributed by atoms with Crippen molar-refractivity contribution in [2.24, 2.45) is 0 Å². The van der Waals surface area contributed by atoms with Gasteiger partial charge >= 0.3 is 0 Å². The Balaban J connectivity index is 1.78. The number of aromatic amines is 1. The molecule has 0 atom stereocenters. The van der Waals surface area contributed by atoms with Gasteiger partial charge in [0.05, 0.1) is 24.3 Å². The third-order valence-electron chi connectivity index (χ3n) is 5.11. The van der Waals surface area contributed by atoms with Crippen LogP contribution in [0.15, 0.2) is 42.7 Å². The molecule has 3 aromatic heterocycles. The Morgan fingerprint density at radius 3 is 2.65 bits per heavy atom. The number of nitrogens with zero attached hydrogens (tertiary/aromatic N) is 3. The summed E-state index contributed by atoms with van der Waals surface area (Å²) < 4.78 is 11.5. The predicted octanol–water partition coefficient (Wildman–Crippen LogP) is 3.96. The molecular weight excluding hydrogens is 434 g/mol. The first-order valence-corrected chi connectivity index (χ1v) is 10.8. The van der Waals surface area contributed by atoms with Crippen LogP contribution in [0, 0.1) is 0 Å². The molecule has 0 aliphatic rings. The molecule has 0 saturated carbocycles. The lowest BCUT2D eigenvalue weighted by molar-refractivity contribution is 0.0962. The van der Waals surface area contributed by atoms with Gasteiger partial charge in [-0.2, -0.15) is 9.97 Å². The van der Waals surface area contributed by atoms with Crippen LogP contribution in [0.5, 0.6) is 11.6 Å². The van der Waals surface area contributed by atoms with Gasteiger partial charge in [-0.3, -0.25) is 4.79 Å². The Kier molecular flexibility index (Phi) is 6.48. The smallest absolute Gasteiger partial charge is 0.251 e. The second-order valence-electron chi connectivity index (χ2n) is 7.74. The number of nitrogens with one attached hydrogen (secondary N) is 4. The van der Waals surface area contributed by atoms with Gasteiger partial charge in [-0.25, -0.2) is 4.98 Å². The largest absolute Gasteiger partial charge is 0.495 e. The number of amides is 1. The molecule has 0 bridgehead atoms. The first-order valence-electron chi connectivity index (χ1n) is 10.8. The molecule has 4 N–H and O–H groups in total. The third kappa shape index (κ3) is 4.56. The second-order valence-corrected chi connectivity index (χ2v) is 7.74. The van der Waals surface area contributed by atoms with Crippen molar-refractivity contribution in [1.82, 2.24) is 25.3 Å². The molecule has 10 heteroatoms. The molecule has 4 aromatic rings. The van der Waals surface area contributed by atoms with E-state index in [0.717, 1.165) is 22.3 Å². The monoisotopic (exact) mass is 461 g/mol. The van der Waals surface area contributed by atoms with Gasteiger partial charge in [-0.15, -0.1) is 0 Å². The van der Waals surface area contributed by atoms with Crippen LogP contribution < -0.4 is 25.4 Å². The van der Waals surface area contributed by atoms with Crippen molar-refractivity contribution in [3.05, 3.63) is 48.3 Å². The Labute approximate surface area is 197 Å². The van der Waals surface area contributed by atoms with Gasteiger partial charge in [0.2, 0.25) is 11.8 Å². The van der Waals surface area contributed by atoms with E-state index < -0.39 is 0 Å². The number of H-pyrrole nitrogens is 1. The molecular formula is C24H27N7O3. The van der Waals surface area contributed by atoms with Gasteiger partial charge in [-0.05, 0) is 49.7 Å². The van der Waals surface area contributed by atoms with Crippen molar-refractivity contribution >= 4 is 34.4 Å². The van der Waals surface area contributed by atoms with Crippen molar-refractivity contribution in [2.45, 2.75) is 20.0 Å². The van der Waals surface area contributed by atoms with E-state index in [9.17, 15) is 4.79 Å². The van der Waals surface area contributed by atoms with Crippen LogP contribution in [-0.4, -0.2) is 53.2 Å². The van der Waals surface area contributed by atoms with Crippen molar-refractivity contribution in [2.75, 3.05) is 31.8 Å². The van der Waals surface area contributed by atoms with Crippen LogP contribution in [0.1, 0.15) is 24.2 Å². The van der Waals surface area contributed by atoms with Crippen molar-refractivity contribution in [3.63, 3.8) is 0 Å². The van der Waals surface area contributed by atoms with E-state index in [2.05, 4.69) is 35.9 Å². The number of methoxy groups -OCH3 is 1. The van der Waals surface area contributed by atoms with Crippen LogP contribution in [0.3, 0.4) is 0 Å². The normalized spacial score (nSPS) is 10.9. The Bertz CT molecular complexity index is 1330. The van der Waals surface area contributed by atoms with Crippen LogP contribution >= 0.6 is 0 Å². The lowest BCUT2D eigenvalue weighted by atomic mass is 10.1. The van der Waals surface area contributed by atoms with E-state index in [1.54, 1.807) is 31.4 Å². The maximum absolute atomic E-state index is 12.0. The summed E-state index contributed by atoms with van der Waals surface area (Å²) in [6.07, 6.45) is 3.53. The summed E-state index contributed by atoms with van der Waals surface area (Å²) in [5.41, 5.74) is 3.58. The third-order valence-corrected chi connectivity index (χ3v) is 5.11. The molecule has 0 fully saturated rings. The Morgan fingerprint density at radius 2 is 1.94 bits per heavy atom. The minimum Gasteiger partial charge on any atom is -0.495 e. The number of rotatable bonds is 8. The van der Waals surface area contributed by atoms with E-state index >= 15 is 0 Å². The van der Waals surface area contributed by atoms with Crippen molar-refractivity contribution < 1.29 is 14.3 Å². The van der Waals surface area contributed by atoms with E-state index in [1.807, 2.05) is 39.2 Å². The minimum atomic E-state index is -0.202. The van der Waals surface area contributed by atoms with Crippen LogP contribution in [0.4, 0.5) is 17.5 Å². The molecule has 0 saturated heterocycles. The van der Waals surface area contributed by atoms with Gasteiger partial charge in [0.25, 0.3) is 5.91 Å². The quantitative estimate of drug-likeness (QED) is 0.311. The van der Waals surface area contributed by atoms with E-state index in [0.29, 0.717) is 34.5 Å². The highest BCUT2D eigenvalue weighted by Crippen LogP contribution is 2.36. The van der Waals surface area contributed by atoms with Gasteiger partial charge < -0.3 is 30.4 Å². The highest BCUT2D eigenvalue weighted by Gasteiger charge is 2.19. The maximum atomic E-state index is 12.0. The SMILES string of the molecule is CNC(=O)c1ccc(Nc2nc(OC(C)C)c3c(-c4ccnc(NC)c4)c[nH]c3n2)c(OC)c1. The number of hydrogen-bond donors (Lipinski definition) is 4. The number of aromatic nitrogens is 4. The zero-order valence-electron chi connectivity index (χ0n) is 19.7. The minimum absolute atomic E-state index is 0.0969. The predicted molar refractivity (Wildman–Crippen MR) is 132 cm³/mol. The fourth-order valence-corrected chi connectivity index (χ4v) is 3.53. The Morgan fingerprint density at radius 1 is 1.12 bits per heavy atom. The molecule has 3 heterocycles. The maximum Gasteiger partial charge on any atom is 0.251 e. The average Bonchev–Trinajstić information content (AvgIpc) is 3.28. The van der Waals surface area contributed by atoms with Gasteiger partial charge in [-0.1, -0.05) is 0 Å². The lowest BCUT2D eigenvalue weighted by Gasteiger charge is -2.15. The molecule has 0 aliphatic carbocycles. The average molecular weight is 462 g/mol. The molecule has 0 unspecified atom stereocenters. The number of fused-ring (bicyclic) bond motifs is 1. The highest BCUT2D eigenvalue weighted by atomic mass is 16.5. The van der Waals surface area contributed by atoms with Gasteiger partial charge in [0, 0.05) is 37.6 Å². The zero-order valence-corrected chi connectivity index (χ0v) is 19.7.